The molecular weight excluding hydrogens is 457 g/mol. The maximum Gasteiger partial charge on any atom is 0.223 e. The van der Waals surface area contributed by atoms with Crippen LogP contribution in [0.4, 0.5) is 5.82 Å². The van der Waals surface area contributed by atoms with Gasteiger partial charge >= 0.3 is 0 Å². The average molecular weight is 485 g/mol. The zero-order valence-corrected chi connectivity index (χ0v) is 18.4. The highest BCUT2D eigenvalue weighted by molar-refractivity contribution is 14.0. The number of nitrogens with zero attached hydrogens (tertiary/aromatic N) is 5. The van der Waals surface area contributed by atoms with Gasteiger partial charge in [0.1, 0.15) is 12.4 Å². The third-order valence-corrected chi connectivity index (χ3v) is 4.33. The van der Waals surface area contributed by atoms with Gasteiger partial charge in [-0.25, -0.2) is 9.98 Å². The van der Waals surface area contributed by atoms with E-state index in [-0.39, 0.29) is 24.0 Å². The lowest BCUT2D eigenvalue weighted by atomic mass is 10.1. The van der Waals surface area contributed by atoms with Gasteiger partial charge in [-0.05, 0) is 38.8 Å². The van der Waals surface area contributed by atoms with Crippen LogP contribution < -0.4 is 15.5 Å². The van der Waals surface area contributed by atoms with Gasteiger partial charge in [-0.15, -0.1) is 24.0 Å². The monoisotopic (exact) mass is 485 g/mol. The summed E-state index contributed by atoms with van der Waals surface area (Å²) in [6.07, 6.45) is 2.09. The quantitative estimate of drug-likeness (QED) is 0.382. The highest BCUT2D eigenvalue weighted by atomic mass is 127. The van der Waals surface area contributed by atoms with E-state index in [0.717, 1.165) is 49.9 Å². The van der Waals surface area contributed by atoms with Crippen LogP contribution in [0.15, 0.2) is 27.7 Å². The Morgan fingerprint density at radius 1 is 1.26 bits per heavy atom. The second-order valence-electron chi connectivity index (χ2n) is 6.47. The van der Waals surface area contributed by atoms with Gasteiger partial charge < -0.3 is 20.1 Å². The lowest BCUT2D eigenvalue weighted by Gasteiger charge is -2.34. The number of piperidine rings is 1. The predicted octanol–water partition coefficient (Wildman–Crippen LogP) is 2.42. The minimum absolute atomic E-state index is 0. The van der Waals surface area contributed by atoms with Crippen LogP contribution in [0.25, 0.3) is 0 Å². The molecule has 0 spiro atoms. The van der Waals surface area contributed by atoms with Gasteiger partial charge in [0, 0.05) is 38.3 Å². The van der Waals surface area contributed by atoms with Crippen molar-refractivity contribution in [2.45, 2.75) is 46.2 Å². The van der Waals surface area contributed by atoms with E-state index in [0.29, 0.717) is 24.3 Å². The Morgan fingerprint density at radius 2 is 2.04 bits per heavy atom. The first-order valence-electron chi connectivity index (χ1n) is 9.16. The smallest absolute Gasteiger partial charge is 0.223 e. The van der Waals surface area contributed by atoms with Crippen LogP contribution >= 0.6 is 24.0 Å². The SMILES string of the molecule is CCNC(=NCc1noc(C)n1)NC1CCN(c2cccc(C)n2)CC1.I. The number of nitrogens with one attached hydrogen (secondary N) is 2. The summed E-state index contributed by atoms with van der Waals surface area (Å²) < 4.78 is 4.99. The number of pyridine rings is 1. The third kappa shape index (κ3) is 6.33. The summed E-state index contributed by atoms with van der Waals surface area (Å²) in [5.41, 5.74) is 1.06. The first-order valence-corrected chi connectivity index (χ1v) is 9.16. The van der Waals surface area contributed by atoms with Crippen LogP contribution in [0, 0.1) is 13.8 Å². The van der Waals surface area contributed by atoms with E-state index in [1.807, 2.05) is 13.0 Å². The summed E-state index contributed by atoms with van der Waals surface area (Å²) in [4.78, 5) is 15.7. The van der Waals surface area contributed by atoms with Crippen LogP contribution in [0.2, 0.25) is 0 Å². The lowest BCUT2D eigenvalue weighted by molar-refractivity contribution is 0.387. The van der Waals surface area contributed by atoms with Gasteiger partial charge in [-0.3, -0.25) is 0 Å². The highest BCUT2D eigenvalue weighted by Gasteiger charge is 2.21. The van der Waals surface area contributed by atoms with Gasteiger partial charge in [0.2, 0.25) is 5.89 Å². The van der Waals surface area contributed by atoms with Gasteiger partial charge in [0.15, 0.2) is 11.8 Å². The van der Waals surface area contributed by atoms with Crippen LogP contribution in [0.1, 0.15) is 37.2 Å². The van der Waals surface area contributed by atoms with E-state index < -0.39 is 0 Å². The van der Waals surface area contributed by atoms with Crippen molar-refractivity contribution in [3.63, 3.8) is 0 Å². The molecule has 0 radical (unpaired) electrons. The molecule has 2 aromatic rings. The molecule has 8 nitrogen and oxygen atoms in total. The van der Waals surface area contributed by atoms with Gasteiger partial charge in [-0.1, -0.05) is 11.2 Å². The van der Waals surface area contributed by atoms with Crippen LogP contribution in [0.3, 0.4) is 0 Å². The molecule has 1 aliphatic rings. The number of aromatic nitrogens is 3. The Kier molecular flexibility index (Phi) is 8.26. The second kappa shape index (κ2) is 10.4. The van der Waals surface area contributed by atoms with Crippen LogP contribution in [0.5, 0.6) is 0 Å². The minimum Gasteiger partial charge on any atom is -0.357 e. The Bertz CT molecular complexity index is 741. The first kappa shape index (κ1) is 21.4. The molecule has 148 valence electrons. The summed E-state index contributed by atoms with van der Waals surface area (Å²) in [6.45, 7) is 9.04. The number of hydrogen-bond donors (Lipinski definition) is 2. The lowest BCUT2D eigenvalue weighted by Crippen LogP contribution is -2.49. The number of aliphatic imine (C=N–C) groups is 1. The molecule has 0 unspecified atom stereocenters. The Labute approximate surface area is 177 Å². The Balaban J connectivity index is 0.00000261. The van der Waals surface area contributed by atoms with E-state index in [2.05, 4.69) is 54.7 Å². The molecule has 3 heterocycles. The molecule has 2 N–H and O–H groups in total. The van der Waals surface area contributed by atoms with Gasteiger partial charge in [0.25, 0.3) is 0 Å². The maximum absolute atomic E-state index is 4.99. The fourth-order valence-electron chi connectivity index (χ4n) is 3.03. The van der Waals surface area contributed by atoms with Crippen LogP contribution in [-0.2, 0) is 6.54 Å². The molecule has 0 bridgehead atoms. The molecule has 0 atom stereocenters. The van der Waals surface area contributed by atoms with Crippen molar-refractivity contribution in [2.75, 3.05) is 24.5 Å². The predicted molar refractivity (Wildman–Crippen MR) is 117 cm³/mol. The molecule has 2 aromatic heterocycles. The molecule has 9 heteroatoms. The van der Waals surface area contributed by atoms with E-state index in [1.165, 1.54) is 0 Å². The van der Waals surface area contributed by atoms with Crippen molar-refractivity contribution in [2.24, 2.45) is 4.99 Å². The maximum atomic E-state index is 4.99. The van der Waals surface area contributed by atoms with E-state index in [1.54, 1.807) is 6.92 Å². The molecule has 1 aliphatic heterocycles. The van der Waals surface area contributed by atoms with Crippen LogP contribution in [-0.4, -0.2) is 46.8 Å². The Morgan fingerprint density at radius 3 is 2.67 bits per heavy atom. The number of hydrogen-bond acceptors (Lipinski definition) is 6. The second-order valence-corrected chi connectivity index (χ2v) is 6.47. The molecule has 1 fully saturated rings. The van der Waals surface area contributed by atoms with Crippen molar-refractivity contribution in [1.82, 2.24) is 25.8 Å². The number of guanidine groups is 1. The summed E-state index contributed by atoms with van der Waals surface area (Å²) in [5, 5.41) is 10.7. The normalized spacial score (nSPS) is 15.4. The molecule has 0 aromatic carbocycles. The Hall–Kier alpha value is -1.91. The minimum atomic E-state index is 0. The molecule has 0 saturated carbocycles. The number of halogens is 1. The third-order valence-electron chi connectivity index (χ3n) is 4.33. The van der Waals surface area contributed by atoms with Gasteiger partial charge in [-0.2, -0.15) is 4.98 Å². The number of rotatable bonds is 5. The van der Waals surface area contributed by atoms with Crippen molar-refractivity contribution < 1.29 is 4.52 Å². The fraction of sp³-hybridized carbons (Fsp3) is 0.556. The molecule has 1 saturated heterocycles. The fourth-order valence-corrected chi connectivity index (χ4v) is 3.03. The van der Waals surface area contributed by atoms with Crippen molar-refractivity contribution in [3.8, 4) is 0 Å². The molecule has 27 heavy (non-hydrogen) atoms. The van der Waals surface area contributed by atoms with E-state index in [4.69, 9.17) is 4.52 Å². The number of anilines is 1. The topological polar surface area (TPSA) is 91.5 Å². The summed E-state index contributed by atoms with van der Waals surface area (Å²) in [7, 11) is 0. The molecule has 3 rings (SSSR count). The zero-order valence-electron chi connectivity index (χ0n) is 16.1. The molecule has 0 amide bonds. The highest BCUT2D eigenvalue weighted by Crippen LogP contribution is 2.18. The summed E-state index contributed by atoms with van der Waals surface area (Å²) in [5.74, 6) is 3.02. The molecule has 0 aliphatic carbocycles. The average Bonchev–Trinajstić information content (AvgIpc) is 3.06. The number of aryl methyl sites for hydroxylation is 2. The summed E-state index contributed by atoms with van der Waals surface area (Å²) >= 11 is 0. The largest absolute Gasteiger partial charge is 0.357 e. The standard InChI is InChI=1S/C18H27N7O.HI/c1-4-19-18(20-12-16-22-14(3)26-24-16)23-15-8-10-25(11-9-15)17-7-5-6-13(2)21-17;/h5-7,15H,4,8-12H2,1-3H3,(H2,19,20,23);1H. The molecular formula is C18H28IN7O. The first-order chi connectivity index (χ1) is 12.6. The summed E-state index contributed by atoms with van der Waals surface area (Å²) in [6, 6.07) is 6.57. The zero-order chi connectivity index (χ0) is 18.4. The van der Waals surface area contributed by atoms with E-state index in [9.17, 15) is 0 Å². The van der Waals surface area contributed by atoms with Crippen molar-refractivity contribution >= 4 is 35.8 Å². The van der Waals surface area contributed by atoms with Crippen molar-refractivity contribution in [3.05, 3.63) is 35.6 Å². The van der Waals surface area contributed by atoms with Crippen molar-refractivity contribution in [1.29, 1.82) is 0 Å². The van der Waals surface area contributed by atoms with E-state index >= 15 is 0 Å². The van der Waals surface area contributed by atoms with Gasteiger partial charge in [0.05, 0.1) is 0 Å².